The molecule has 10 atom stereocenters. The van der Waals surface area contributed by atoms with Crippen molar-refractivity contribution in [2.24, 2.45) is 45.3 Å². The zero-order valence-electron chi connectivity index (χ0n) is 53.5. The van der Waals surface area contributed by atoms with Crippen molar-refractivity contribution in [1.29, 1.82) is 0 Å². The minimum absolute atomic E-state index is 0.0279. The van der Waals surface area contributed by atoms with Gasteiger partial charge in [0.2, 0.25) is 23.6 Å². The highest BCUT2D eigenvalue weighted by molar-refractivity contribution is 5.96. The van der Waals surface area contributed by atoms with E-state index in [1.807, 2.05) is 101 Å². The molecule has 2 aromatic rings. The second-order valence-electron chi connectivity index (χ2n) is 27.0. The molecule has 2 aliphatic carbocycles. The van der Waals surface area contributed by atoms with Gasteiger partial charge in [-0.05, 0) is 134 Å². The number of fused-ring (bicyclic) bond motifs is 4. The number of carbonyl (C=O) groups is 8. The van der Waals surface area contributed by atoms with Crippen molar-refractivity contribution in [2.75, 3.05) is 27.3 Å². The largest absolute Gasteiger partial charge is 0.467 e. The molecule has 7 rings (SSSR count). The quantitative estimate of drug-likeness (QED) is 0.0374. The molecule has 2 unspecified atom stereocenters. The second-order valence-corrected chi connectivity index (χ2v) is 27.0. The number of unbranched alkanes of at least 4 members (excludes halogenated alkanes) is 4. The van der Waals surface area contributed by atoms with Crippen LogP contribution in [0.15, 0.2) is 98.1 Å². The first-order chi connectivity index (χ1) is 41.4. The van der Waals surface area contributed by atoms with E-state index in [4.69, 9.17) is 18.9 Å². The number of nitrogens with zero attached hydrogens (tertiary/aromatic N) is 2. The van der Waals surface area contributed by atoms with E-state index in [-0.39, 0.29) is 71.3 Å². The van der Waals surface area contributed by atoms with E-state index in [1.165, 1.54) is 14.2 Å². The van der Waals surface area contributed by atoms with Crippen LogP contribution >= 0.6 is 0 Å². The predicted octanol–water partition coefficient (Wildman–Crippen LogP) is 10.7. The molecular formula is C69H100N6O12. The van der Waals surface area contributed by atoms with Crippen molar-refractivity contribution in [2.45, 2.75) is 201 Å². The van der Waals surface area contributed by atoms with Crippen LogP contribution in [0.1, 0.15) is 163 Å². The molecule has 2 saturated heterocycles. The van der Waals surface area contributed by atoms with Gasteiger partial charge in [0.25, 0.3) is 0 Å². The maximum Gasteiger partial charge on any atom is 0.408 e. The lowest BCUT2D eigenvalue weighted by atomic mass is 9.78. The van der Waals surface area contributed by atoms with E-state index in [0.717, 1.165) is 75.3 Å². The van der Waals surface area contributed by atoms with Crippen LogP contribution in [-0.2, 0) is 60.9 Å². The fourth-order valence-corrected chi connectivity index (χ4v) is 13.5. The molecule has 2 aromatic carbocycles. The molecule has 87 heavy (non-hydrogen) atoms. The van der Waals surface area contributed by atoms with E-state index >= 15 is 0 Å². The molecule has 0 spiro atoms. The summed E-state index contributed by atoms with van der Waals surface area (Å²) in [6, 6.07) is 13.8. The first kappa shape index (κ1) is 69.1. The Morgan fingerprint density at radius 3 is 1.90 bits per heavy atom. The minimum Gasteiger partial charge on any atom is -0.467 e. The number of esters is 2. The Kier molecular flexibility index (Phi) is 24.8. The van der Waals surface area contributed by atoms with Crippen LogP contribution in [0.5, 0.6) is 0 Å². The lowest BCUT2D eigenvalue weighted by Gasteiger charge is -2.39. The number of methoxy groups -OCH3 is 2. The van der Waals surface area contributed by atoms with Crippen molar-refractivity contribution >= 4 is 47.8 Å². The number of hydrogen-bond donors (Lipinski definition) is 4. The fraction of sp³-hybridized carbons (Fsp3) is 0.623. The predicted molar refractivity (Wildman–Crippen MR) is 334 cm³/mol. The summed E-state index contributed by atoms with van der Waals surface area (Å²) in [5.74, 6) is -2.09. The summed E-state index contributed by atoms with van der Waals surface area (Å²) in [5.41, 5.74) is 0.216. The maximum atomic E-state index is 14.5. The summed E-state index contributed by atoms with van der Waals surface area (Å²) in [5, 5.41) is 11.6. The molecule has 5 aliphatic rings. The van der Waals surface area contributed by atoms with Crippen molar-refractivity contribution < 1.29 is 57.3 Å². The Morgan fingerprint density at radius 2 is 1.30 bits per heavy atom. The van der Waals surface area contributed by atoms with Gasteiger partial charge in [-0.25, -0.2) is 19.2 Å². The Hall–Kier alpha value is -6.98. The van der Waals surface area contributed by atoms with Crippen LogP contribution < -0.4 is 21.3 Å². The first-order valence-corrected chi connectivity index (χ1v) is 31.5. The van der Waals surface area contributed by atoms with Crippen molar-refractivity contribution in [3.8, 4) is 0 Å². The molecular weight excluding hydrogens is 1100 g/mol. The molecule has 3 heterocycles. The molecule has 18 heteroatoms. The van der Waals surface area contributed by atoms with E-state index in [0.29, 0.717) is 45.2 Å². The number of alkyl carbamates (subject to hydrolysis) is 2. The van der Waals surface area contributed by atoms with Crippen LogP contribution in [-0.4, -0.2) is 121 Å². The molecule has 0 bridgehead atoms. The third-order valence-corrected chi connectivity index (χ3v) is 19.2. The van der Waals surface area contributed by atoms with Gasteiger partial charge < -0.3 is 50.0 Å². The highest BCUT2D eigenvalue weighted by Crippen LogP contribution is 2.66. The normalized spacial score (nSPS) is 25.1. The molecule has 3 aliphatic heterocycles. The number of allylic oxidation sites excluding steroid dienone is 4. The number of nitrogens with one attached hydrogen (secondary N) is 4. The average molecular weight is 1210 g/mol. The third-order valence-electron chi connectivity index (χ3n) is 19.2. The van der Waals surface area contributed by atoms with E-state index in [2.05, 4.69) is 74.3 Å². The summed E-state index contributed by atoms with van der Waals surface area (Å²) in [6.45, 7) is 24.9. The maximum absolute atomic E-state index is 14.5. The van der Waals surface area contributed by atoms with Crippen LogP contribution in [0.3, 0.4) is 0 Å². The molecule has 4 fully saturated rings. The van der Waals surface area contributed by atoms with Crippen LogP contribution in [0.4, 0.5) is 9.59 Å². The van der Waals surface area contributed by atoms with Gasteiger partial charge in [0, 0.05) is 13.1 Å². The highest BCUT2D eigenvalue weighted by atomic mass is 16.6. The van der Waals surface area contributed by atoms with Gasteiger partial charge in [0.05, 0.1) is 14.2 Å². The molecule has 478 valence electrons. The summed E-state index contributed by atoms with van der Waals surface area (Å²) in [4.78, 5) is 111. The van der Waals surface area contributed by atoms with Gasteiger partial charge in [0.1, 0.15) is 49.5 Å². The van der Waals surface area contributed by atoms with Gasteiger partial charge in [-0.3, -0.25) is 19.2 Å². The van der Waals surface area contributed by atoms with Gasteiger partial charge in [-0.1, -0.05) is 160 Å². The van der Waals surface area contributed by atoms with E-state index in [1.54, 1.807) is 9.80 Å². The number of rotatable bonds is 22. The lowest BCUT2D eigenvalue weighted by molar-refractivity contribution is -0.148. The third kappa shape index (κ3) is 18.1. The first-order valence-electron chi connectivity index (χ1n) is 31.5. The number of hydrogen-bond acceptors (Lipinski definition) is 12. The van der Waals surface area contributed by atoms with Gasteiger partial charge in [-0.15, -0.1) is 13.2 Å². The van der Waals surface area contributed by atoms with E-state index in [9.17, 15) is 38.4 Å². The Balaban J connectivity index is 0.000000279. The summed E-state index contributed by atoms with van der Waals surface area (Å²) < 4.78 is 21.0. The van der Waals surface area contributed by atoms with Crippen LogP contribution in [0, 0.1) is 45.3 Å². The lowest BCUT2D eigenvalue weighted by Crippen LogP contribution is -2.60. The summed E-state index contributed by atoms with van der Waals surface area (Å²) >= 11 is 0. The number of piperidine rings is 2. The topological polar surface area (TPSA) is 228 Å². The average Bonchev–Trinajstić information content (AvgIpc) is 1.54. The van der Waals surface area contributed by atoms with Gasteiger partial charge >= 0.3 is 24.1 Å². The number of ether oxygens (including phenoxy) is 4. The fourth-order valence-electron chi connectivity index (χ4n) is 13.5. The molecule has 2 saturated carbocycles. The van der Waals surface area contributed by atoms with Gasteiger partial charge in [0.15, 0.2) is 0 Å². The Morgan fingerprint density at radius 1 is 0.724 bits per heavy atom. The Labute approximate surface area is 517 Å². The van der Waals surface area contributed by atoms with Gasteiger partial charge in [-0.2, -0.15) is 0 Å². The van der Waals surface area contributed by atoms with Crippen LogP contribution in [0.25, 0.3) is 0 Å². The molecule has 0 radical (unpaired) electrons. The van der Waals surface area contributed by atoms with Crippen LogP contribution in [0.2, 0.25) is 0 Å². The molecule has 18 nitrogen and oxygen atoms in total. The molecule has 0 aromatic heterocycles. The smallest absolute Gasteiger partial charge is 0.408 e. The molecule has 4 N–H and O–H groups in total. The zero-order chi connectivity index (χ0) is 63.7. The van der Waals surface area contributed by atoms with Crippen molar-refractivity contribution in [3.05, 3.63) is 109 Å². The SMILES string of the molecule is C=CCCCC[C@H](NC(=O)[C@@H]1[C@@H]2C(CN1C(=O)[C@@H](NC(=O)OCc1ccccc1)C(C)(C)CCCCC=C)C2(C)C)C(=O)OC.COC(=O)[C@@H]1CCCCC=CCCCC(C)(C)[C@H](NC(=O)OCc2ccccc2)C(=O)N2CC3[C@@H]([C@H]2C(=O)N1)C3(C)C. The van der Waals surface area contributed by atoms with E-state index < -0.39 is 71.2 Å². The summed E-state index contributed by atoms with van der Waals surface area (Å²) in [7, 11) is 2.63. The minimum atomic E-state index is -0.921. The molecule has 6 amide bonds. The Bertz CT molecular complexity index is 2730. The number of amides is 6. The number of benzene rings is 2. The zero-order valence-corrected chi connectivity index (χ0v) is 53.5. The summed E-state index contributed by atoms with van der Waals surface area (Å²) in [6.07, 6.45) is 18.2. The standard InChI is InChI=1S/C36H53N3O6.C33H47N3O6/c1-8-10-12-17-21-27(33(42)44-7)37-31(40)29-28-26(36(28,5)6)23-39(29)32(41)30(35(3,4)22-18-13-11-9-2)38-34(43)45-24-25-19-15-14-16-20-25;1-32(2)19-15-10-8-6-7-9-14-18-24(30(39)41-5)34-28(37)26-25-23(33(25,3)4)20-36(26)29(38)27(32)35-31(40)42-21-22-16-12-11-13-17-22/h8-9,14-16,19-20,26-30H,1-2,10-13,17-18,21-24H2,3-7H3,(H,37,40)(H,38,43);6,8,11-13,16-17,23-27H,7,9-10,14-15,18-21H2,1-5H3,(H,34,37)(H,35,40)/t26?,27-,28-,29-,30+;23?,24-,25-,26-,27+/m00/s1. The monoisotopic (exact) mass is 1200 g/mol. The highest BCUT2D eigenvalue weighted by Gasteiger charge is 2.71. The second kappa shape index (κ2) is 31.3. The number of carbonyl (C=O) groups excluding carboxylic acids is 8. The van der Waals surface area contributed by atoms with Crippen molar-refractivity contribution in [3.63, 3.8) is 0 Å². The number of likely N-dealkylation sites (tertiary alicyclic amines) is 1. The van der Waals surface area contributed by atoms with Crippen molar-refractivity contribution in [1.82, 2.24) is 31.1 Å².